The van der Waals surface area contributed by atoms with Crippen LogP contribution in [0.1, 0.15) is 22.9 Å². The first kappa shape index (κ1) is 23.1. The molecule has 0 amide bonds. The SMILES string of the molecule is Cc1ccc([S@@+]([O-])NC(CC(=O)O)c2ccc(-c3cccc(OC(F)(F)F)c3)s2)cc1. The van der Waals surface area contributed by atoms with E-state index < -0.39 is 29.7 Å². The number of benzene rings is 2. The lowest BCUT2D eigenvalue weighted by molar-refractivity contribution is -0.274. The summed E-state index contributed by atoms with van der Waals surface area (Å²) in [6.07, 6.45) is -5.11. The van der Waals surface area contributed by atoms with Gasteiger partial charge in [-0.2, -0.15) is 0 Å². The maximum absolute atomic E-state index is 12.7. The minimum absolute atomic E-state index is 0.311. The van der Waals surface area contributed by atoms with Gasteiger partial charge in [0.25, 0.3) is 0 Å². The molecule has 0 radical (unpaired) electrons. The van der Waals surface area contributed by atoms with E-state index in [9.17, 15) is 27.6 Å². The van der Waals surface area contributed by atoms with Crippen molar-refractivity contribution in [2.75, 3.05) is 0 Å². The highest BCUT2D eigenvalue weighted by Gasteiger charge is 2.31. The molecule has 2 N–H and O–H groups in total. The van der Waals surface area contributed by atoms with Gasteiger partial charge in [-0.25, -0.2) is 0 Å². The molecule has 0 saturated heterocycles. The summed E-state index contributed by atoms with van der Waals surface area (Å²) < 4.78 is 56.9. The van der Waals surface area contributed by atoms with Crippen LogP contribution >= 0.6 is 11.3 Å². The van der Waals surface area contributed by atoms with Crippen LogP contribution < -0.4 is 9.46 Å². The fraction of sp³-hybridized carbons (Fsp3) is 0.190. The summed E-state index contributed by atoms with van der Waals surface area (Å²) in [6, 6.07) is 15.1. The average molecular weight is 470 g/mol. The summed E-state index contributed by atoms with van der Waals surface area (Å²) in [4.78, 5) is 13.1. The van der Waals surface area contributed by atoms with Crippen LogP contribution in [0.4, 0.5) is 13.2 Å². The van der Waals surface area contributed by atoms with Crippen molar-refractivity contribution in [3.05, 3.63) is 71.1 Å². The third kappa shape index (κ3) is 6.73. The number of carbonyl (C=O) groups is 1. The predicted octanol–water partition coefficient (Wildman–Crippen LogP) is 5.45. The lowest BCUT2D eigenvalue weighted by Gasteiger charge is -2.17. The summed E-state index contributed by atoms with van der Waals surface area (Å²) in [5.41, 5.74) is 1.49. The molecule has 0 bridgehead atoms. The molecule has 0 saturated carbocycles. The zero-order valence-electron chi connectivity index (χ0n) is 16.2. The van der Waals surface area contributed by atoms with Crippen LogP contribution in [-0.4, -0.2) is 22.0 Å². The molecular formula is C21H18F3NO4S2. The highest BCUT2D eigenvalue weighted by Crippen LogP contribution is 2.35. The number of carboxylic acids is 1. The third-order valence-electron chi connectivity index (χ3n) is 4.19. The fourth-order valence-corrected chi connectivity index (χ4v) is 4.89. The molecule has 164 valence electrons. The van der Waals surface area contributed by atoms with Crippen molar-refractivity contribution in [2.45, 2.75) is 30.6 Å². The summed E-state index contributed by atoms with van der Waals surface area (Å²) in [6.45, 7) is 1.90. The molecule has 10 heteroatoms. The molecule has 0 aliphatic rings. The number of hydrogen-bond acceptors (Lipinski definition) is 5. The number of hydrogen-bond donors (Lipinski definition) is 2. The van der Waals surface area contributed by atoms with Gasteiger partial charge in [0.05, 0.1) is 23.8 Å². The van der Waals surface area contributed by atoms with Crippen LogP contribution in [0.3, 0.4) is 0 Å². The normalized spacial score (nSPS) is 13.6. The number of ether oxygens (including phenoxy) is 1. The van der Waals surface area contributed by atoms with E-state index in [0.29, 0.717) is 20.2 Å². The molecule has 5 nitrogen and oxygen atoms in total. The molecule has 31 heavy (non-hydrogen) atoms. The fourth-order valence-electron chi connectivity index (χ4n) is 2.78. The molecule has 1 unspecified atom stereocenters. The number of rotatable bonds is 8. The van der Waals surface area contributed by atoms with Crippen molar-refractivity contribution in [3.8, 4) is 16.2 Å². The number of thiophene rings is 1. The second-order valence-corrected chi connectivity index (χ2v) is 8.99. The van der Waals surface area contributed by atoms with Gasteiger partial charge >= 0.3 is 12.3 Å². The van der Waals surface area contributed by atoms with Crippen LogP contribution in [-0.2, 0) is 16.2 Å². The van der Waals surface area contributed by atoms with Gasteiger partial charge in [0.15, 0.2) is 4.90 Å². The van der Waals surface area contributed by atoms with E-state index in [4.69, 9.17) is 0 Å². The maximum atomic E-state index is 12.7. The monoisotopic (exact) mass is 469 g/mol. The molecule has 0 aliphatic heterocycles. The van der Waals surface area contributed by atoms with Crippen LogP contribution in [0.2, 0.25) is 0 Å². The average Bonchev–Trinajstić information content (AvgIpc) is 3.17. The van der Waals surface area contributed by atoms with Crippen molar-refractivity contribution in [3.63, 3.8) is 0 Å². The predicted molar refractivity (Wildman–Crippen MR) is 112 cm³/mol. The van der Waals surface area contributed by atoms with Crippen molar-refractivity contribution in [2.24, 2.45) is 0 Å². The molecule has 2 aromatic carbocycles. The number of aliphatic carboxylic acids is 1. The van der Waals surface area contributed by atoms with Gasteiger partial charge < -0.3 is 14.4 Å². The van der Waals surface area contributed by atoms with Crippen LogP contribution in [0.15, 0.2) is 65.6 Å². The van der Waals surface area contributed by atoms with Crippen LogP contribution in [0.5, 0.6) is 5.75 Å². The molecule has 1 aromatic heterocycles. The minimum Gasteiger partial charge on any atom is -0.593 e. The smallest absolute Gasteiger partial charge is 0.573 e. The highest BCUT2D eigenvalue weighted by molar-refractivity contribution is 7.89. The van der Waals surface area contributed by atoms with E-state index >= 15 is 0 Å². The maximum Gasteiger partial charge on any atom is 0.573 e. The van der Waals surface area contributed by atoms with Crippen LogP contribution in [0.25, 0.3) is 10.4 Å². The summed E-state index contributed by atoms with van der Waals surface area (Å²) >= 11 is -0.435. The zero-order chi connectivity index (χ0) is 22.6. The van der Waals surface area contributed by atoms with Crippen LogP contribution in [0, 0.1) is 6.92 Å². The van der Waals surface area contributed by atoms with Crippen molar-refractivity contribution in [1.82, 2.24) is 4.72 Å². The van der Waals surface area contributed by atoms with E-state index in [2.05, 4.69) is 9.46 Å². The summed E-state index contributed by atoms with van der Waals surface area (Å²) in [7, 11) is 0. The molecule has 3 rings (SSSR count). The molecular weight excluding hydrogens is 451 g/mol. The summed E-state index contributed by atoms with van der Waals surface area (Å²) in [5.74, 6) is -1.42. The summed E-state index contributed by atoms with van der Waals surface area (Å²) in [5, 5.41) is 9.28. The molecule has 0 spiro atoms. The number of halogens is 3. The first-order valence-corrected chi connectivity index (χ1v) is 11.0. The number of carboxylic acid groups (broad SMARTS) is 1. The molecule has 2 atom stereocenters. The quantitative estimate of drug-likeness (QED) is 0.429. The van der Waals surface area contributed by atoms with Crippen molar-refractivity contribution < 1.29 is 32.4 Å². The standard InChI is InChI=1S/C21H18F3NO4S2/c1-13-5-7-16(8-6-13)31(28)25-17(12-20(26)27)19-10-9-18(30-19)14-3-2-4-15(11-14)29-21(22,23)24/h2-11,17,25H,12H2,1H3,(H,26,27)/t17?,31-/m1/s1. The van der Waals surface area contributed by atoms with Gasteiger partial charge in [-0.15, -0.1) is 29.2 Å². The molecule has 1 heterocycles. The second kappa shape index (κ2) is 9.73. The number of aryl methyl sites for hydroxylation is 1. The van der Waals surface area contributed by atoms with Gasteiger partial charge in [0.1, 0.15) is 5.75 Å². The van der Waals surface area contributed by atoms with Crippen molar-refractivity contribution >= 4 is 28.7 Å². The number of nitrogens with one attached hydrogen (secondary N) is 1. The molecule has 3 aromatic rings. The Kier molecular flexibility index (Phi) is 7.26. The molecule has 0 aliphatic carbocycles. The van der Waals surface area contributed by atoms with E-state index in [0.717, 1.165) is 5.56 Å². The van der Waals surface area contributed by atoms with E-state index in [-0.39, 0.29) is 12.2 Å². The largest absolute Gasteiger partial charge is 0.593 e. The third-order valence-corrected chi connectivity index (χ3v) is 6.63. The Morgan fingerprint density at radius 1 is 1.19 bits per heavy atom. The highest BCUT2D eigenvalue weighted by atomic mass is 32.2. The Bertz CT molecular complexity index is 1040. The topological polar surface area (TPSA) is 81.6 Å². The van der Waals surface area contributed by atoms with Gasteiger partial charge in [-0.1, -0.05) is 29.8 Å². The lowest BCUT2D eigenvalue weighted by atomic mass is 10.1. The van der Waals surface area contributed by atoms with Gasteiger partial charge in [-0.3, -0.25) is 4.79 Å². The lowest BCUT2D eigenvalue weighted by Crippen LogP contribution is -2.29. The first-order chi connectivity index (χ1) is 14.6. The zero-order valence-corrected chi connectivity index (χ0v) is 17.8. The van der Waals surface area contributed by atoms with Gasteiger partial charge in [0, 0.05) is 9.75 Å². The Hall–Kier alpha value is -2.53. The Balaban J connectivity index is 1.81. The van der Waals surface area contributed by atoms with Gasteiger partial charge in [-0.05, 0) is 48.9 Å². The Morgan fingerprint density at radius 3 is 2.55 bits per heavy atom. The van der Waals surface area contributed by atoms with E-state index in [1.165, 1.54) is 29.5 Å². The Labute approximate surface area is 183 Å². The van der Waals surface area contributed by atoms with Gasteiger partial charge in [0.2, 0.25) is 0 Å². The van der Waals surface area contributed by atoms with Crippen molar-refractivity contribution in [1.29, 1.82) is 0 Å². The second-order valence-electron chi connectivity index (χ2n) is 6.63. The minimum atomic E-state index is -4.80. The van der Waals surface area contributed by atoms with E-state index in [1.807, 2.05) is 6.92 Å². The Morgan fingerprint density at radius 2 is 1.90 bits per heavy atom. The molecule has 0 fully saturated rings. The first-order valence-electron chi connectivity index (χ1n) is 9.03. The van der Waals surface area contributed by atoms with E-state index in [1.54, 1.807) is 42.5 Å². The number of alkyl halides is 3.